The molecule has 9 nitrogen and oxygen atoms in total. The number of nitrogens with zero attached hydrogens (tertiary/aromatic N) is 1. The van der Waals surface area contributed by atoms with Gasteiger partial charge in [0.1, 0.15) is 5.82 Å². The fourth-order valence-corrected chi connectivity index (χ4v) is 4.82. The van der Waals surface area contributed by atoms with E-state index in [0.29, 0.717) is 22.3 Å². The quantitative estimate of drug-likeness (QED) is 0.241. The van der Waals surface area contributed by atoms with Crippen molar-refractivity contribution in [2.45, 2.75) is 11.3 Å². The van der Waals surface area contributed by atoms with Gasteiger partial charge in [-0.2, -0.15) is 0 Å². The number of thiazole rings is 1. The molecule has 3 aromatic carbocycles. The van der Waals surface area contributed by atoms with Crippen LogP contribution in [-0.2, 0) is 21.2 Å². The Morgan fingerprint density at radius 1 is 1.03 bits per heavy atom. The minimum Gasteiger partial charge on any atom is -0.476 e. The monoisotopic (exact) mass is 552 g/mol. The number of aromatic nitrogens is 1. The Balaban J connectivity index is 1.75. The van der Waals surface area contributed by atoms with Gasteiger partial charge in [-0.25, -0.2) is 27.7 Å². The highest BCUT2D eigenvalue weighted by Gasteiger charge is 2.20. The molecule has 194 valence electrons. The van der Waals surface area contributed by atoms with Gasteiger partial charge in [0.05, 0.1) is 4.90 Å². The number of carbonyl (C=O) groups excluding carboxylic acids is 1. The van der Waals surface area contributed by atoms with Gasteiger partial charge in [-0.15, -0.1) is 11.3 Å². The molecule has 4 rings (SSSR count). The number of hydrogen-bond acceptors (Lipinski definition) is 7. The van der Waals surface area contributed by atoms with Crippen LogP contribution >= 0.6 is 11.3 Å². The Morgan fingerprint density at radius 3 is 2.37 bits per heavy atom. The first-order chi connectivity index (χ1) is 18.0. The molecule has 0 radical (unpaired) electrons. The van der Waals surface area contributed by atoms with E-state index in [4.69, 9.17) is 16.0 Å². The van der Waals surface area contributed by atoms with E-state index < -0.39 is 27.7 Å². The standard InChI is InChI=1S/C26H21FN4O5S2/c27-21-7-2-1-6-19(21)16-4-3-5-17(13-16)23(28)20(12-15-8-10-18(11-9-15)38(29,35)36)24(32)31-26-30-22(14-37-26)25(33)34/h1-11,13-14H,12,28H2,(H,33,34)(H2,29,35,36)(H,30,31,32). The minimum atomic E-state index is -3.91. The number of carboxylic acids is 1. The molecule has 0 bridgehead atoms. The summed E-state index contributed by atoms with van der Waals surface area (Å²) in [6.45, 7) is 0. The van der Waals surface area contributed by atoms with Crippen LogP contribution in [0.3, 0.4) is 0 Å². The van der Waals surface area contributed by atoms with E-state index in [1.807, 2.05) is 0 Å². The van der Waals surface area contributed by atoms with Crippen LogP contribution in [0.5, 0.6) is 0 Å². The summed E-state index contributed by atoms with van der Waals surface area (Å²) in [7, 11) is -3.91. The predicted octanol–water partition coefficient (Wildman–Crippen LogP) is 3.85. The second-order valence-electron chi connectivity index (χ2n) is 8.12. The van der Waals surface area contributed by atoms with E-state index in [1.165, 1.54) is 35.7 Å². The van der Waals surface area contributed by atoms with Gasteiger partial charge in [-0.3, -0.25) is 10.1 Å². The largest absolute Gasteiger partial charge is 0.476 e. The SMILES string of the molecule is NC(=C(Cc1ccc(S(N)(=O)=O)cc1)C(=O)Nc1nc(C(=O)O)cs1)c1cccc(-c2ccccc2F)c1. The maximum atomic E-state index is 14.4. The van der Waals surface area contributed by atoms with Crippen LogP contribution in [0, 0.1) is 5.82 Å². The van der Waals surface area contributed by atoms with Crippen molar-refractivity contribution in [1.29, 1.82) is 0 Å². The summed E-state index contributed by atoms with van der Waals surface area (Å²) < 4.78 is 37.6. The summed E-state index contributed by atoms with van der Waals surface area (Å²) in [5.41, 5.74) is 8.36. The number of amides is 1. The van der Waals surface area contributed by atoms with Gasteiger partial charge in [-0.05, 0) is 41.0 Å². The molecule has 1 heterocycles. The Labute approximate surface area is 221 Å². The molecule has 38 heavy (non-hydrogen) atoms. The molecule has 0 saturated carbocycles. The fourth-order valence-electron chi connectivity index (χ4n) is 3.62. The number of benzene rings is 3. The Bertz CT molecular complexity index is 1660. The Hall–Kier alpha value is -4.39. The number of nitrogens with one attached hydrogen (secondary N) is 1. The topological polar surface area (TPSA) is 165 Å². The van der Waals surface area contributed by atoms with E-state index in [9.17, 15) is 22.4 Å². The Morgan fingerprint density at radius 2 is 1.74 bits per heavy atom. The molecule has 1 aromatic heterocycles. The first-order valence-corrected chi connectivity index (χ1v) is 13.4. The van der Waals surface area contributed by atoms with Gasteiger partial charge < -0.3 is 10.8 Å². The number of halogens is 1. The zero-order chi connectivity index (χ0) is 27.4. The van der Waals surface area contributed by atoms with Crippen molar-refractivity contribution in [3.8, 4) is 11.1 Å². The first kappa shape index (κ1) is 26.7. The molecule has 0 aliphatic rings. The lowest BCUT2D eigenvalue weighted by Crippen LogP contribution is -2.20. The average molecular weight is 553 g/mol. The van der Waals surface area contributed by atoms with Crippen LogP contribution in [-0.4, -0.2) is 30.4 Å². The van der Waals surface area contributed by atoms with Gasteiger partial charge in [-0.1, -0.05) is 48.5 Å². The highest BCUT2D eigenvalue weighted by molar-refractivity contribution is 7.89. The number of carbonyl (C=O) groups is 2. The molecule has 0 atom stereocenters. The number of sulfonamides is 1. The smallest absolute Gasteiger partial charge is 0.355 e. The van der Waals surface area contributed by atoms with Gasteiger partial charge in [0, 0.05) is 28.6 Å². The molecule has 1 amide bonds. The van der Waals surface area contributed by atoms with E-state index in [1.54, 1.807) is 42.5 Å². The number of rotatable bonds is 8. The summed E-state index contributed by atoms with van der Waals surface area (Å²) in [4.78, 5) is 28.3. The summed E-state index contributed by atoms with van der Waals surface area (Å²) in [6.07, 6.45) is -0.0103. The molecule has 12 heteroatoms. The number of primary sulfonamides is 1. The molecule has 0 unspecified atom stereocenters. The summed E-state index contributed by atoms with van der Waals surface area (Å²) in [5.74, 6) is -2.30. The number of carboxylic acid groups (broad SMARTS) is 1. The van der Waals surface area contributed by atoms with Gasteiger partial charge in [0.25, 0.3) is 5.91 Å². The summed E-state index contributed by atoms with van der Waals surface area (Å²) in [5, 5.41) is 18.2. The maximum Gasteiger partial charge on any atom is 0.355 e. The lowest BCUT2D eigenvalue weighted by molar-refractivity contribution is -0.112. The molecule has 4 aromatic rings. The van der Waals surface area contributed by atoms with E-state index in [0.717, 1.165) is 11.3 Å². The van der Waals surface area contributed by atoms with E-state index >= 15 is 0 Å². The number of anilines is 1. The minimum absolute atomic E-state index is 0.0103. The third-order valence-electron chi connectivity index (χ3n) is 5.53. The number of hydrogen-bond donors (Lipinski definition) is 4. The van der Waals surface area contributed by atoms with Crippen molar-refractivity contribution in [1.82, 2.24) is 4.98 Å². The van der Waals surface area contributed by atoms with Crippen molar-refractivity contribution in [2.75, 3.05) is 5.32 Å². The zero-order valence-corrected chi connectivity index (χ0v) is 21.2. The second kappa shape index (κ2) is 10.9. The molecule has 0 saturated heterocycles. The molecule has 0 fully saturated rings. The van der Waals surface area contributed by atoms with Crippen molar-refractivity contribution in [3.05, 3.63) is 106 Å². The van der Waals surface area contributed by atoms with Crippen LogP contribution in [0.4, 0.5) is 9.52 Å². The van der Waals surface area contributed by atoms with Crippen LogP contribution in [0.15, 0.2) is 88.6 Å². The highest BCUT2D eigenvalue weighted by atomic mass is 32.2. The Kier molecular flexibility index (Phi) is 7.67. The molecule has 0 spiro atoms. The van der Waals surface area contributed by atoms with Crippen LogP contribution in [0.2, 0.25) is 0 Å². The van der Waals surface area contributed by atoms with Crippen molar-refractivity contribution in [3.63, 3.8) is 0 Å². The molecule has 0 aliphatic carbocycles. The zero-order valence-electron chi connectivity index (χ0n) is 19.6. The normalized spacial score (nSPS) is 12.1. The maximum absolute atomic E-state index is 14.4. The van der Waals surface area contributed by atoms with Gasteiger partial charge in [0.2, 0.25) is 10.0 Å². The summed E-state index contributed by atoms with van der Waals surface area (Å²) in [6, 6.07) is 18.6. The molecule has 0 aliphatic heterocycles. The molecule has 6 N–H and O–H groups in total. The van der Waals surface area contributed by atoms with E-state index in [2.05, 4.69) is 10.3 Å². The molecular weight excluding hydrogens is 531 g/mol. The average Bonchev–Trinajstić information content (AvgIpc) is 3.36. The van der Waals surface area contributed by atoms with Crippen molar-refractivity contribution >= 4 is 44.1 Å². The fraction of sp³-hybridized carbons (Fsp3) is 0.0385. The third kappa shape index (κ3) is 6.11. The van der Waals surface area contributed by atoms with Gasteiger partial charge >= 0.3 is 5.97 Å². The predicted molar refractivity (Wildman–Crippen MR) is 142 cm³/mol. The van der Waals surface area contributed by atoms with Crippen molar-refractivity contribution < 1.29 is 27.5 Å². The lowest BCUT2D eigenvalue weighted by atomic mass is 9.96. The lowest BCUT2D eigenvalue weighted by Gasteiger charge is -2.14. The first-order valence-electron chi connectivity index (χ1n) is 11.0. The summed E-state index contributed by atoms with van der Waals surface area (Å²) >= 11 is 0.934. The molecular formula is C26H21FN4O5S2. The van der Waals surface area contributed by atoms with Crippen LogP contribution in [0.25, 0.3) is 16.8 Å². The third-order valence-corrected chi connectivity index (χ3v) is 7.22. The van der Waals surface area contributed by atoms with Crippen LogP contribution in [0.1, 0.15) is 21.6 Å². The van der Waals surface area contributed by atoms with Crippen molar-refractivity contribution in [2.24, 2.45) is 10.9 Å². The van der Waals surface area contributed by atoms with Gasteiger partial charge in [0.15, 0.2) is 10.8 Å². The number of nitrogens with two attached hydrogens (primary N) is 2. The number of aromatic carboxylic acids is 1. The second-order valence-corrected chi connectivity index (χ2v) is 10.5. The van der Waals surface area contributed by atoms with Crippen LogP contribution < -0.4 is 16.2 Å². The highest BCUT2D eigenvalue weighted by Crippen LogP contribution is 2.27. The van der Waals surface area contributed by atoms with E-state index in [-0.39, 0.29) is 33.4 Å².